The molecule has 0 aromatic carbocycles. The molecule has 1 aliphatic heterocycles. The number of piperidine rings is 1. The first-order chi connectivity index (χ1) is 12.2. The second-order valence-electron chi connectivity index (χ2n) is 5.91. The number of fused-ring (bicyclic) bond motifs is 1. The molecule has 2 atom stereocenters. The van der Waals surface area contributed by atoms with E-state index in [9.17, 15) is 27.5 Å². The van der Waals surface area contributed by atoms with Gasteiger partial charge in [0.1, 0.15) is 11.2 Å². The fourth-order valence-electron chi connectivity index (χ4n) is 2.80. The fraction of sp³-hybridized carbons (Fsp3) is 0.500. The lowest BCUT2D eigenvalue weighted by Crippen LogP contribution is -2.46. The fourth-order valence-corrected chi connectivity index (χ4v) is 3.49. The molecule has 142 valence electrons. The summed E-state index contributed by atoms with van der Waals surface area (Å²) in [6.07, 6.45) is 1.67. The number of halogens is 4. The number of alkyl halides is 4. The molecule has 0 saturated carbocycles. The largest absolute Gasteiger partial charge is 0.476 e. The van der Waals surface area contributed by atoms with E-state index in [0.717, 1.165) is 4.40 Å². The Balaban J connectivity index is 2.00. The van der Waals surface area contributed by atoms with Gasteiger partial charge in [-0.3, -0.25) is 4.40 Å². The molecule has 0 amide bonds. The number of thioether (sulfide) groups is 1. The van der Waals surface area contributed by atoms with Crippen LogP contribution in [0.4, 0.5) is 23.4 Å². The van der Waals surface area contributed by atoms with Crippen LogP contribution in [0.3, 0.4) is 0 Å². The maximum Gasteiger partial charge on any atom is 0.447 e. The second-order valence-corrected chi connectivity index (χ2v) is 6.96. The minimum atomic E-state index is -4.69. The maximum absolute atomic E-state index is 14.2. The van der Waals surface area contributed by atoms with Gasteiger partial charge in [0.05, 0.1) is 6.04 Å². The number of carbonyl (C=O) groups is 1. The Hall–Kier alpha value is -2.08. The van der Waals surface area contributed by atoms with Crippen LogP contribution in [0.25, 0.3) is 5.65 Å². The molecule has 0 unspecified atom stereocenters. The molecule has 2 N–H and O–H groups in total. The number of nitrogens with one attached hydrogen (secondary N) is 1. The summed E-state index contributed by atoms with van der Waals surface area (Å²) in [5.74, 6) is -1.55. The summed E-state index contributed by atoms with van der Waals surface area (Å²) < 4.78 is 53.6. The zero-order valence-corrected chi connectivity index (χ0v) is 14.3. The number of aromatic carboxylic acids is 1. The van der Waals surface area contributed by atoms with Gasteiger partial charge >= 0.3 is 11.5 Å². The topological polar surface area (TPSA) is 82.8 Å². The number of carboxylic acids is 1. The van der Waals surface area contributed by atoms with Crippen molar-refractivity contribution in [1.82, 2.24) is 19.3 Å². The predicted octanol–water partition coefficient (Wildman–Crippen LogP) is 2.49. The van der Waals surface area contributed by atoms with Crippen molar-refractivity contribution >= 4 is 29.2 Å². The third kappa shape index (κ3) is 3.85. The molecular formula is C14H15F4N5O2S. The van der Waals surface area contributed by atoms with Crippen molar-refractivity contribution in [2.75, 3.05) is 25.5 Å². The normalized spacial score (nSPS) is 21.9. The predicted molar refractivity (Wildman–Crippen MR) is 86.3 cm³/mol. The van der Waals surface area contributed by atoms with E-state index < -0.39 is 46.2 Å². The smallest absolute Gasteiger partial charge is 0.447 e. The number of rotatable bonds is 4. The molecule has 0 aliphatic carbocycles. The minimum absolute atomic E-state index is 0.0428. The number of likely N-dealkylation sites (tertiary alicyclic amines) is 1. The highest BCUT2D eigenvalue weighted by atomic mass is 32.2. The zero-order chi connectivity index (χ0) is 19.1. The molecule has 0 spiro atoms. The minimum Gasteiger partial charge on any atom is -0.476 e. The van der Waals surface area contributed by atoms with Gasteiger partial charge in [0.25, 0.3) is 0 Å². The lowest BCUT2D eigenvalue weighted by Gasteiger charge is -2.32. The molecule has 0 bridgehead atoms. The van der Waals surface area contributed by atoms with Crippen molar-refractivity contribution < 1.29 is 27.5 Å². The number of aromatic nitrogens is 3. The van der Waals surface area contributed by atoms with E-state index in [-0.39, 0.29) is 18.0 Å². The van der Waals surface area contributed by atoms with Gasteiger partial charge in [-0.25, -0.2) is 19.2 Å². The van der Waals surface area contributed by atoms with Crippen molar-refractivity contribution in [3.8, 4) is 0 Å². The van der Waals surface area contributed by atoms with E-state index >= 15 is 0 Å². The molecule has 2 aromatic rings. The van der Waals surface area contributed by atoms with Gasteiger partial charge in [0.15, 0.2) is 17.2 Å². The van der Waals surface area contributed by atoms with Gasteiger partial charge in [0, 0.05) is 37.2 Å². The van der Waals surface area contributed by atoms with Gasteiger partial charge in [-0.1, -0.05) is 0 Å². The molecule has 7 nitrogen and oxygen atoms in total. The molecular weight excluding hydrogens is 378 g/mol. The van der Waals surface area contributed by atoms with E-state index in [0.29, 0.717) is 13.0 Å². The lowest BCUT2D eigenvalue weighted by molar-refractivity contribution is -0.0329. The number of anilines is 1. The van der Waals surface area contributed by atoms with Gasteiger partial charge in [-0.2, -0.15) is 13.2 Å². The molecule has 3 rings (SSSR count). The van der Waals surface area contributed by atoms with Crippen molar-refractivity contribution in [1.29, 1.82) is 0 Å². The van der Waals surface area contributed by atoms with E-state index in [2.05, 4.69) is 15.3 Å². The number of imidazole rings is 1. The highest BCUT2D eigenvalue weighted by Crippen LogP contribution is 2.39. The Morgan fingerprint density at radius 3 is 2.81 bits per heavy atom. The van der Waals surface area contributed by atoms with Gasteiger partial charge in [0.2, 0.25) is 0 Å². The summed E-state index contributed by atoms with van der Waals surface area (Å²) in [5.41, 5.74) is -5.51. The Labute approximate surface area is 149 Å². The molecule has 1 fully saturated rings. The standard InChI is InChI=1S/C14H15F4N5O2S/c1-22-4-2-8(7(15)6-22)20-10-11-21-9(13(24)25)12(26-14(16,17)18)23(11)5-3-19-10/h3,5,7-8H,2,4,6H2,1H3,(H,19,20)(H,24,25)/t7-,8+/m0/s1. The monoisotopic (exact) mass is 393 g/mol. The van der Waals surface area contributed by atoms with Crippen LogP contribution in [-0.4, -0.2) is 68.2 Å². The zero-order valence-electron chi connectivity index (χ0n) is 13.5. The Kier molecular flexibility index (Phi) is 4.97. The van der Waals surface area contributed by atoms with Crippen molar-refractivity contribution in [2.45, 2.75) is 29.2 Å². The van der Waals surface area contributed by atoms with E-state index in [1.807, 2.05) is 4.90 Å². The highest BCUT2D eigenvalue weighted by molar-refractivity contribution is 8.00. The highest BCUT2D eigenvalue weighted by Gasteiger charge is 2.35. The third-order valence-electron chi connectivity index (χ3n) is 3.98. The molecule has 12 heteroatoms. The van der Waals surface area contributed by atoms with Crippen LogP contribution in [0.5, 0.6) is 0 Å². The number of hydrogen-bond acceptors (Lipinski definition) is 6. The first kappa shape index (κ1) is 18.7. The second kappa shape index (κ2) is 6.91. The average Bonchev–Trinajstić information content (AvgIpc) is 2.88. The Bertz CT molecular complexity index is 828. The van der Waals surface area contributed by atoms with Crippen LogP contribution in [0.1, 0.15) is 16.9 Å². The maximum atomic E-state index is 14.2. The summed E-state index contributed by atoms with van der Waals surface area (Å²) in [6.45, 7) is 0.857. The molecule has 3 heterocycles. The van der Waals surface area contributed by atoms with Crippen molar-refractivity contribution in [2.24, 2.45) is 0 Å². The Morgan fingerprint density at radius 1 is 1.46 bits per heavy atom. The summed E-state index contributed by atoms with van der Waals surface area (Å²) >= 11 is -0.569. The van der Waals surface area contributed by atoms with Gasteiger partial charge < -0.3 is 15.3 Å². The first-order valence-electron chi connectivity index (χ1n) is 7.61. The van der Waals surface area contributed by atoms with E-state index in [1.54, 1.807) is 7.05 Å². The number of carboxylic acid groups (broad SMARTS) is 1. The summed E-state index contributed by atoms with van der Waals surface area (Å²) in [7, 11) is 1.79. The van der Waals surface area contributed by atoms with Gasteiger partial charge in [-0.15, -0.1) is 0 Å². The Morgan fingerprint density at radius 2 is 2.19 bits per heavy atom. The number of hydrogen-bond donors (Lipinski definition) is 2. The van der Waals surface area contributed by atoms with Crippen LogP contribution >= 0.6 is 11.8 Å². The van der Waals surface area contributed by atoms with Crippen LogP contribution in [0, 0.1) is 0 Å². The quantitative estimate of drug-likeness (QED) is 0.610. The van der Waals surface area contributed by atoms with Crippen LogP contribution in [0.15, 0.2) is 17.4 Å². The average molecular weight is 393 g/mol. The molecule has 1 saturated heterocycles. The van der Waals surface area contributed by atoms with E-state index in [4.69, 9.17) is 0 Å². The molecule has 1 aliphatic rings. The number of nitrogens with zero attached hydrogens (tertiary/aromatic N) is 4. The van der Waals surface area contributed by atoms with E-state index in [1.165, 1.54) is 12.4 Å². The van der Waals surface area contributed by atoms with Crippen molar-refractivity contribution in [3.63, 3.8) is 0 Å². The molecule has 0 radical (unpaired) electrons. The van der Waals surface area contributed by atoms with Crippen LogP contribution < -0.4 is 5.32 Å². The first-order valence-corrected chi connectivity index (χ1v) is 8.42. The summed E-state index contributed by atoms with van der Waals surface area (Å²) in [4.78, 5) is 20.9. The molecule has 2 aromatic heterocycles. The summed E-state index contributed by atoms with van der Waals surface area (Å²) in [6, 6.07) is -0.589. The third-order valence-corrected chi connectivity index (χ3v) is 4.79. The lowest BCUT2D eigenvalue weighted by atomic mass is 10.0. The van der Waals surface area contributed by atoms with Crippen molar-refractivity contribution in [3.05, 3.63) is 18.1 Å². The summed E-state index contributed by atoms with van der Waals surface area (Å²) in [5, 5.41) is 11.5. The van der Waals surface area contributed by atoms with Crippen LogP contribution in [0.2, 0.25) is 0 Å². The van der Waals surface area contributed by atoms with Crippen LogP contribution in [-0.2, 0) is 0 Å². The SMILES string of the molecule is CN1CC[C@@H](Nc2nccn3c(SC(F)(F)F)c(C(=O)O)nc23)[C@@H](F)C1. The van der Waals surface area contributed by atoms with Gasteiger partial charge in [-0.05, 0) is 13.5 Å². The molecule has 26 heavy (non-hydrogen) atoms.